The van der Waals surface area contributed by atoms with Crippen molar-refractivity contribution in [1.82, 2.24) is 4.90 Å². The topological polar surface area (TPSA) is 23.5 Å². The lowest BCUT2D eigenvalue weighted by atomic mass is 9.73. The second-order valence-electron chi connectivity index (χ2n) is 6.49. The summed E-state index contributed by atoms with van der Waals surface area (Å²) in [7, 11) is 0. The lowest BCUT2D eigenvalue weighted by Gasteiger charge is -2.51. The van der Waals surface area contributed by atoms with Crippen molar-refractivity contribution in [1.29, 1.82) is 0 Å². The Balaban J connectivity index is 1.45. The fraction of sp³-hybridized carbons (Fsp3) is 1.00. The van der Waals surface area contributed by atoms with Crippen molar-refractivity contribution in [3.05, 3.63) is 0 Å². The fourth-order valence-electron chi connectivity index (χ4n) is 3.72. The van der Waals surface area contributed by atoms with Crippen LogP contribution in [0.15, 0.2) is 0 Å². The molecular weight excluding hydrogens is 198 g/mol. The molecule has 3 rings (SSSR count). The summed E-state index contributed by atoms with van der Waals surface area (Å²) in [6, 6.07) is 0. The summed E-state index contributed by atoms with van der Waals surface area (Å²) < 4.78 is 0. The van der Waals surface area contributed by atoms with Gasteiger partial charge in [0.05, 0.1) is 6.10 Å². The Morgan fingerprint density at radius 1 is 1.06 bits per heavy atom. The van der Waals surface area contributed by atoms with Gasteiger partial charge in [0.1, 0.15) is 0 Å². The van der Waals surface area contributed by atoms with Crippen LogP contribution in [0.4, 0.5) is 0 Å². The van der Waals surface area contributed by atoms with Gasteiger partial charge in [-0.05, 0) is 37.0 Å². The Labute approximate surface area is 99.0 Å². The standard InChI is InChI=1S/C14H25NO/c16-13(12-5-6-12)9-15-10-14(11-15)7-3-1-2-4-8-14/h12-13,16H,1-11H2. The van der Waals surface area contributed by atoms with Crippen LogP contribution < -0.4 is 0 Å². The fourth-order valence-corrected chi connectivity index (χ4v) is 3.72. The third kappa shape index (κ3) is 2.28. The van der Waals surface area contributed by atoms with Gasteiger partial charge in [-0.1, -0.05) is 25.7 Å². The summed E-state index contributed by atoms with van der Waals surface area (Å²) in [6.45, 7) is 3.50. The maximum Gasteiger partial charge on any atom is 0.0695 e. The van der Waals surface area contributed by atoms with Gasteiger partial charge in [-0.25, -0.2) is 0 Å². The zero-order chi connectivity index (χ0) is 11.0. The van der Waals surface area contributed by atoms with Gasteiger partial charge in [-0.15, -0.1) is 0 Å². The molecule has 1 saturated heterocycles. The maximum absolute atomic E-state index is 9.93. The molecule has 1 unspecified atom stereocenters. The van der Waals surface area contributed by atoms with E-state index in [0.29, 0.717) is 11.3 Å². The first-order chi connectivity index (χ1) is 7.77. The third-order valence-electron chi connectivity index (χ3n) is 4.89. The van der Waals surface area contributed by atoms with E-state index in [4.69, 9.17) is 0 Å². The molecule has 16 heavy (non-hydrogen) atoms. The van der Waals surface area contributed by atoms with E-state index >= 15 is 0 Å². The van der Waals surface area contributed by atoms with Gasteiger partial charge in [0.2, 0.25) is 0 Å². The summed E-state index contributed by atoms with van der Waals surface area (Å²) in [5.41, 5.74) is 0.666. The number of aliphatic hydroxyl groups is 1. The van der Waals surface area contributed by atoms with E-state index in [1.54, 1.807) is 0 Å². The monoisotopic (exact) mass is 223 g/mol. The Morgan fingerprint density at radius 2 is 1.69 bits per heavy atom. The van der Waals surface area contributed by atoms with Gasteiger partial charge in [0.15, 0.2) is 0 Å². The molecule has 3 aliphatic rings. The van der Waals surface area contributed by atoms with Gasteiger partial charge in [-0.2, -0.15) is 0 Å². The van der Waals surface area contributed by atoms with Crippen molar-refractivity contribution < 1.29 is 5.11 Å². The zero-order valence-corrected chi connectivity index (χ0v) is 10.3. The average molecular weight is 223 g/mol. The van der Waals surface area contributed by atoms with Gasteiger partial charge in [-0.3, -0.25) is 4.90 Å². The molecule has 92 valence electrons. The van der Waals surface area contributed by atoms with Crippen molar-refractivity contribution in [2.45, 2.75) is 57.5 Å². The van der Waals surface area contributed by atoms with Crippen molar-refractivity contribution in [2.75, 3.05) is 19.6 Å². The Hall–Kier alpha value is -0.0800. The van der Waals surface area contributed by atoms with E-state index in [9.17, 15) is 5.11 Å². The highest BCUT2D eigenvalue weighted by atomic mass is 16.3. The number of rotatable bonds is 3. The molecule has 0 bridgehead atoms. The summed E-state index contributed by atoms with van der Waals surface area (Å²) in [4.78, 5) is 2.49. The first-order valence-corrected chi connectivity index (χ1v) is 7.18. The molecular formula is C14H25NO. The van der Waals surface area contributed by atoms with Crippen LogP contribution in [0.1, 0.15) is 51.4 Å². The van der Waals surface area contributed by atoms with E-state index < -0.39 is 0 Å². The molecule has 1 spiro atoms. The van der Waals surface area contributed by atoms with Crippen molar-refractivity contribution >= 4 is 0 Å². The van der Waals surface area contributed by atoms with Crippen LogP contribution in [0.5, 0.6) is 0 Å². The minimum atomic E-state index is -0.0249. The van der Waals surface area contributed by atoms with Crippen molar-refractivity contribution in [3.63, 3.8) is 0 Å². The van der Waals surface area contributed by atoms with Crippen LogP contribution in [0.2, 0.25) is 0 Å². The van der Waals surface area contributed by atoms with E-state index in [2.05, 4.69) is 4.90 Å². The molecule has 0 amide bonds. The largest absolute Gasteiger partial charge is 0.392 e. The predicted octanol–water partition coefficient (Wildman–Crippen LogP) is 2.41. The molecule has 0 aromatic heterocycles. The first-order valence-electron chi connectivity index (χ1n) is 7.18. The Bertz CT molecular complexity index is 233. The molecule has 1 aliphatic heterocycles. The predicted molar refractivity (Wildman–Crippen MR) is 65.3 cm³/mol. The highest BCUT2D eigenvalue weighted by Crippen LogP contribution is 2.43. The minimum Gasteiger partial charge on any atom is -0.392 e. The summed E-state index contributed by atoms with van der Waals surface area (Å²) >= 11 is 0. The van der Waals surface area contributed by atoms with E-state index in [1.165, 1.54) is 64.5 Å². The highest BCUT2D eigenvalue weighted by Gasteiger charge is 2.43. The number of β-amino-alcohol motifs (C(OH)–C–C–N with tert-alkyl or cyclic N) is 1. The lowest BCUT2D eigenvalue weighted by Crippen LogP contribution is -2.57. The van der Waals surface area contributed by atoms with Crippen molar-refractivity contribution in [3.8, 4) is 0 Å². The Kier molecular flexibility index (Phi) is 2.97. The molecule has 0 radical (unpaired) electrons. The van der Waals surface area contributed by atoms with Gasteiger partial charge in [0.25, 0.3) is 0 Å². The number of likely N-dealkylation sites (tertiary alicyclic amines) is 1. The summed E-state index contributed by atoms with van der Waals surface area (Å²) in [5.74, 6) is 0.644. The SMILES string of the molecule is OC(CN1CC2(CCCCCC2)C1)C1CC1. The first kappa shape index (κ1) is 11.0. The van der Waals surface area contributed by atoms with Gasteiger partial charge < -0.3 is 5.11 Å². The smallest absolute Gasteiger partial charge is 0.0695 e. The van der Waals surface area contributed by atoms with Gasteiger partial charge in [0, 0.05) is 19.6 Å². The van der Waals surface area contributed by atoms with Crippen molar-refractivity contribution in [2.24, 2.45) is 11.3 Å². The van der Waals surface area contributed by atoms with Crippen LogP contribution in [0.25, 0.3) is 0 Å². The molecule has 2 nitrogen and oxygen atoms in total. The molecule has 1 heterocycles. The second kappa shape index (κ2) is 4.30. The summed E-state index contributed by atoms with van der Waals surface area (Å²) in [6.07, 6.45) is 11.2. The number of aliphatic hydroxyl groups excluding tert-OH is 1. The third-order valence-corrected chi connectivity index (χ3v) is 4.89. The van der Waals surface area contributed by atoms with Crippen LogP contribution in [0.3, 0.4) is 0 Å². The number of hydrogen-bond acceptors (Lipinski definition) is 2. The van der Waals surface area contributed by atoms with E-state index in [-0.39, 0.29) is 6.10 Å². The maximum atomic E-state index is 9.93. The molecule has 0 aromatic carbocycles. The van der Waals surface area contributed by atoms with E-state index in [1.807, 2.05) is 0 Å². The van der Waals surface area contributed by atoms with Gasteiger partial charge >= 0.3 is 0 Å². The molecule has 3 fully saturated rings. The molecule has 2 aliphatic carbocycles. The molecule has 1 N–H and O–H groups in total. The zero-order valence-electron chi connectivity index (χ0n) is 10.3. The Morgan fingerprint density at radius 3 is 2.25 bits per heavy atom. The lowest BCUT2D eigenvalue weighted by molar-refractivity contribution is -0.0404. The second-order valence-corrected chi connectivity index (χ2v) is 6.49. The number of hydrogen-bond donors (Lipinski definition) is 1. The highest BCUT2D eigenvalue weighted by molar-refractivity contribution is 4.97. The average Bonchev–Trinajstić information content (AvgIpc) is 3.03. The molecule has 0 aromatic rings. The van der Waals surface area contributed by atoms with E-state index in [0.717, 1.165) is 6.54 Å². The quantitative estimate of drug-likeness (QED) is 0.794. The van der Waals surface area contributed by atoms with Crippen LogP contribution in [-0.4, -0.2) is 35.7 Å². The summed E-state index contributed by atoms with van der Waals surface area (Å²) in [5, 5.41) is 9.93. The van der Waals surface area contributed by atoms with Crippen LogP contribution in [-0.2, 0) is 0 Å². The van der Waals surface area contributed by atoms with Crippen LogP contribution >= 0.6 is 0 Å². The molecule has 2 saturated carbocycles. The minimum absolute atomic E-state index is 0.0249. The van der Waals surface area contributed by atoms with Crippen LogP contribution in [0, 0.1) is 11.3 Å². The molecule has 1 atom stereocenters. The molecule has 2 heteroatoms. The normalized spacial score (nSPS) is 32.1. The number of nitrogens with zero attached hydrogens (tertiary/aromatic N) is 1.